The number of rotatable bonds is 9. The summed E-state index contributed by atoms with van der Waals surface area (Å²) in [6.45, 7) is 3.72. The minimum absolute atomic E-state index is 0.00805. The number of hydrogen-bond acceptors (Lipinski definition) is 5. The number of nitrogens with one attached hydrogen (secondary N) is 2. The monoisotopic (exact) mass is 499 g/mol. The number of aryl methyl sites for hydroxylation is 1. The molecule has 0 atom stereocenters. The maximum absolute atomic E-state index is 13.4. The van der Waals surface area contributed by atoms with E-state index in [1.165, 1.54) is 5.56 Å². The third-order valence-electron chi connectivity index (χ3n) is 7.16. The Labute approximate surface area is 217 Å². The number of anilines is 1. The van der Waals surface area contributed by atoms with Gasteiger partial charge >= 0.3 is 0 Å². The van der Waals surface area contributed by atoms with Gasteiger partial charge < -0.3 is 25.0 Å². The third-order valence-corrected chi connectivity index (χ3v) is 7.16. The Morgan fingerprint density at radius 2 is 1.70 bits per heavy atom. The molecule has 0 radical (unpaired) electrons. The lowest BCUT2D eigenvalue weighted by molar-refractivity contribution is -0.118. The summed E-state index contributed by atoms with van der Waals surface area (Å²) in [4.78, 5) is 27.9. The Hall–Kier alpha value is -3.84. The second kappa shape index (κ2) is 10.3. The summed E-state index contributed by atoms with van der Waals surface area (Å²) in [5.74, 6) is 1.33. The van der Waals surface area contributed by atoms with E-state index in [0.717, 1.165) is 53.9 Å². The minimum atomic E-state index is -0.536. The van der Waals surface area contributed by atoms with Gasteiger partial charge in [0.15, 0.2) is 11.5 Å². The van der Waals surface area contributed by atoms with Crippen LogP contribution in [0.25, 0.3) is 11.1 Å². The molecule has 0 bridgehead atoms. The number of nitrogens with zero attached hydrogens (tertiary/aromatic N) is 1. The highest BCUT2D eigenvalue weighted by Gasteiger charge is 2.51. The van der Waals surface area contributed by atoms with Crippen LogP contribution in [0.3, 0.4) is 0 Å². The molecule has 2 aliphatic rings. The molecule has 0 spiro atoms. The molecular formula is C30H33N3O4. The Bertz CT molecular complexity index is 1310. The second-order valence-electron chi connectivity index (χ2n) is 9.97. The van der Waals surface area contributed by atoms with E-state index in [4.69, 9.17) is 9.47 Å². The van der Waals surface area contributed by atoms with Crippen molar-refractivity contribution in [2.24, 2.45) is 0 Å². The summed E-state index contributed by atoms with van der Waals surface area (Å²) < 4.78 is 10.9. The molecule has 7 heteroatoms. The fourth-order valence-corrected chi connectivity index (χ4v) is 4.74. The Morgan fingerprint density at radius 1 is 0.946 bits per heavy atom. The normalized spacial score (nSPS) is 14.9. The van der Waals surface area contributed by atoms with Gasteiger partial charge in [-0.1, -0.05) is 31.2 Å². The van der Waals surface area contributed by atoms with E-state index in [2.05, 4.69) is 23.6 Å². The van der Waals surface area contributed by atoms with E-state index in [1.807, 2.05) is 73.6 Å². The number of likely N-dealkylation sites (N-methyl/N-ethyl adjacent to an activating group) is 1. The highest BCUT2D eigenvalue weighted by atomic mass is 16.7. The van der Waals surface area contributed by atoms with Gasteiger partial charge in [-0.05, 0) is 92.0 Å². The van der Waals surface area contributed by atoms with Crippen molar-refractivity contribution in [3.8, 4) is 22.6 Å². The highest BCUT2D eigenvalue weighted by molar-refractivity contribution is 6.02. The number of amides is 2. The molecule has 0 unspecified atom stereocenters. The molecule has 1 fully saturated rings. The van der Waals surface area contributed by atoms with Crippen LogP contribution < -0.4 is 20.1 Å². The Kier molecular flexibility index (Phi) is 6.89. The van der Waals surface area contributed by atoms with E-state index in [-0.39, 0.29) is 18.6 Å². The van der Waals surface area contributed by atoms with Crippen molar-refractivity contribution in [2.45, 2.75) is 31.6 Å². The van der Waals surface area contributed by atoms with E-state index in [0.29, 0.717) is 17.9 Å². The predicted octanol–water partition coefficient (Wildman–Crippen LogP) is 4.61. The van der Waals surface area contributed by atoms with Gasteiger partial charge in [-0.15, -0.1) is 0 Å². The molecule has 1 saturated carbocycles. The smallest absolute Gasteiger partial charge is 0.251 e. The summed E-state index contributed by atoms with van der Waals surface area (Å²) in [6, 6.07) is 19.5. The van der Waals surface area contributed by atoms with Crippen molar-refractivity contribution >= 4 is 17.5 Å². The summed E-state index contributed by atoms with van der Waals surface area (Å²) in [6.07, 6.45) is 2.46. The average Bonchev–Trinajstić information content (AvgIpc) is 3.59. The van der Waals surface area contributed by atoms with Crippen molar-refractivity contribution in [3.05, 3.63) is 77.4 Å². The number of ether oxygens (including phenoxy) is 2. The number of benzene rings is 3. The van der Waals surface area contributed by atoms with Crippen LogP contribution in [0.5, 0.6) is 11.5 Å². The fraction of sp³-hybridized carbons (Fsp3) is 0.333. The minimum Gasteiger partial charge on any atom is -0.454 e. The van der Waals surface area contributed by atoms with Gasteiger partial charge in [0.05, 0.1) is 5.41 Å². The average molecular weight is 500 g/mol. The number of carbonyl (C=O) groups is 2. The molecule has 7 nitrogen and oxygen atoms in total. The fourth-order valence-electron chi connectivity index (χ4n) is 4.74. The molecule has 3 aromatic carbocycles. The molecule has 0 aromatic heterocycles. The topological polar surface area (TPSA) is 79.9 Å². The molecule has 1 aliphatic carbocycles. The van der Waals surface area contributed by atoms with Crippen molar-refractivity contribution in [1.29, 1.82) is 0 Å². The summed E-state index contributed by atoms with van der Waals surface area (Å²) in [7, 11) is 3.95. The quantitative estimate of drug-likeness (QED) is 0.450. The first kappa shape index (κ1) is 24.8. The van der Waals surface area contributed by atoms with Crippen molar-refractivity contribution in [3.63, 3.8) is 0 Å². The zero-order valence-corrected chi connectivity index (χ0v) is 21.6. The highest BCUT2D eigenvalue weighted by Crippen LogP contribution is 2.51. The largest absolute Gasteiger partial charge is 0.454 e. The third kappa shape index (κ3) is 5.18. The van der Waals surface area contributed by atoms with Gasteiger partial charge in [0.25, 0.3) is 5.91 Å². The number of hydrogen-bond donors (Lipinski definition) is 2. The first-order valence-electron chi connectivity index (χ1n) is 12.8. The van der Waals surface area contributed by atoms with Crippen molar-refractivity contribution in [2.75, 3.05) is 39.3 Å². The van der Waals surface area contributed by atoms with Gasteiger partial charge in [-0.25, -0.2) is 0 Å². The van der Waals surface area contributed by atoms with Crippen LogP contribution in [-0.4, -0.2) is 50.7 Å². The maximum Gasteiger partial charge on any atom is 0.251 e. The van der Waals surface area contributed by atoms with E-state index in [9.17, 15) is 9.59 Å². The van der Waals surface area contributed by atoms with Crippen LogP contribution in [-0.2, 0) is 16.6 Å². The van der Waals surface area contributed by atoms with Crippen LogP contribution in [0, 0.1) is 0 Å². The van der Waals surface area contributed by atoms with Crippen LogP contribution >= 0.6 is 0 Å². The molecule has 1 heterocycles. The van der Waals surface area contributed by atoms with E-state index in [1.54, 1.807) is 0 Å². The number of fused-ring (bicyclic) bond motifs is 1. The van der Waals surface area contributed by atoms with Gasteiger partial charge in [-0.2, -0.15) is 0 Å². The Balaban J connectivity index is 1.32. The zero-order chi connectivity index (χ0) is 26.0. The second-order valence-corrected chi connectivity index (χ2v) is 9.97. The lowest BCUT2D eigenvalue weighted by Gasteiger charge is -2.18. The van der Waals surface area contributed by atoms with E-state index >= 15 is 0 Å². The van der Waals surface area contributed by atoms with Crippen LogP contribution in [0.4, 0.5) is 5.69 Å². The van der Waals surface area contributed by atoms with Crippen molar-refractivity contribution in [1.82, 2.24) is 10.2 Å². The molecule has 5 rings (SSSR count). The Morgan fingerprint density at radius 3 is 2.41 bits per heavy atom. The lowest BCUT2D eigenvalue weighted by Crippen LogP contribution is -2.31. The molecule has 3 aromatic rings. The maximum atomic E-state index is 13.4. The van der Waals surface area contributed by atoms with Gasteiger partial charge in [-0.3, -0.25) is 9.59 Å². The van der Waals surface area contributed by atoms with Crippen LogP contribution in [0.15, 0.2) is 60.7 Å². The van der Waals surface area contributed by atoms with E-state index < -0.39 is 5.41 Å². The molecular weight excluding hydrogens is 466 g/mol. The molecule has 0 saturated heterocycles. The first-order valence-corrected chi connectivity index (χ1v) is 12.8. The predicted molar refractivity (Wildman–Crippen MR) is 144 cm³/mol. The summed E-state index contributed by atoms with van der Waals surface area (Å²) in [5, 5.41) is 6.10. The zero-order valence-electron chi connectivity index (χ0n) is 21.6. The lowest BCUT2D eigenvalue weighted by atomic mass is 9.93. The molecule has 192 valence electrons. The SMILES string of the molecule is CCc1ccc(NC(=O)C2(c3ccc4c(c3)OCO4)CC2)cc1-c1ccc(C(=O)NCCN(C)C)cc1. The molecule has 2 N–H and O–H groups in total. The van der Waals surface area contributed by atoms with Gasteiger partial charge in [0.2, 0.25) is 12.7 Å². The van der Waals surface area contributed by atoms with Crippen LogP contribution in [0.2, 0.25) is 0 Å². The van der Waals surface area contributed by atoms with Gasteiger partial charge in [0, 0.05) is 24.3 Å². The van der Waals surface area contributed by atoms with Crippen molar-refractivity contribution < 1.29 is 19.1 Å². The molecule has 1 aliphatic heterocycles. The molecule has 2 amide bonds. The van der Waals surface area contributed by atoms with Crippen LogP contribution in [0.1, 0.15) is 41.3 Å². The van der Waals surface area contributed by atoms with Gasteiger partial charge in [0.1, 0.15) is 0 Å². The number of carbonyl (C=O) groups excluding carboxylic acids is 2. The first-order chi connectivity index (χ1) is 17.9. The summed E-state index contributed by atoms with van der Waals surface area (Å²) >= 11 is 0. The standard InChI is InChI=1S/C30H33N3O4/c1-4-20-9-11-24(18-25(20)21-5-7-22(8-6-21)28(34)31-15-16-33(2)3)32-29(35)30(13-14-30)23-10-12-26-27(17-23)37-19-36-26/h5-12,17-18H,4,13-16,19H2,1-3H3,(H,31,34)(H,32,35). The molecule has 37 heavy (non-hydrogen) atoms. The summed E-state index contributed by atoms with van der Waals surface area (Å²) in [5.41, 5.74) is 5.05.